The van der Waals surface area contributed by atoms with Crippen molar-refractivity contribution in [3.63, 3.8) is 0 Å². The highest BCUT2D eigenvalue weighted by molar-refractivity contribution is 9.11. The fraction of sp³-hybridized carbons (Fsp3) is 0.391. The maximum Gasteiger partial charge on any atom is 0.364 e. The summed E-state index contributed by atoms with van der Waals surface area (Å²) in [5.41, 5.74) is 0.394. The molecule has 34 heavy (non-hydrogen) atoms. The molecule has 0 saturated carbocycles. The maximum absolute atomic E-state index is 12.9. The van der Waals surface area contributed by atoms with E-state index in [-0.39, 0.29) is 36.0 Å². The number of nitrogens with one attached hydrogen (secondary N) is 1. The molecule has 11 heteroatoms. The lowest BCUT2D eigenvalue weighted by molar-refractivity contribution is -0.143. The van der Waals surface area contributed by atoms with E-state index in [1.165, 1.54) is 25.1 Å². The Morgan fingerprint density at radius 1 is 1.18 bits per heavy atom. The highest BCUT2D eigenvalue weighted by atomic mass is 79.9. The number of hydrogen-bond acceptors (Lipinski definition) is 7. The van der Waals surface area contributed by atoms with E-state index in [4.69, 9.17) is 9.47 Å². The molecule has 0 spiro atoms. The van der Waals surface area contributed by atoms with Gasteiger partial charge in [-0.3, -0.25) is 9.59 Å². The molecule has 0 radical (unpaired) electrons. The average Bonchev–Trinajstić information content (AvgIpc) is 2.76. The molecule has 0 aromatic heterocycles. The number of halogens is 2. The van der Waals surface area contributed by atoms with Crippen molar-refractivity contribution in [3.05, 3.63) is 50.4 Å². The molecular weight excluding hydrogens is 593 g/mol. The van der Waals surface area contributed by atoms with Crippen molar-refractivity contribution in [3.8, 4) is 17.2 Å². The lowest BCUT2D eigenvalue weighted by Gasteiger charge is -2.22. The molecule has 0 heterocycles. The molecule has 2 rings (SSSR count). The van der Waals surface area contributed by atoms with Crippen molar-refractivity contribution >= 4 is 52.2 Å². The van der Waals surface area contributed by atoms with Gasteiger partial charge < -0.3 is 25.0 Å². The van der Waals surface area contributed by atoms with Crippen molar-refractivity contribution in [2.45, 2.75) is 45.5 Å². The highest BCUT2D eigenvalue weighted by Crippen LogP contribution is 2.42. The number of carbonyl (C=O) groups is 2. The second kappa shape index (κ2) is 12.1. The Balaban J connectivity index is 2.29. The van der Waals surface area contributed by atoms with Crippen molar-refractivity contribution in [1.29, 1.82) is 0 Å². The van der Waals surface area contributed by atoms with E-state index >= 15 is 0 Å². The first kappa shape index (κ1) is 28.2. The van der Waals surface area contributed by atoms with Crippen LogP contribution in [0.2, 0.25) is 0 Å². The van der Waals surface area contributed by atoms with Crippen LogP contribution in [-0.4, -0.2) is 34.7 Å². The van der Waals surface area contributed by atoms with Crippen LogP contribution in [0.4, 0.5) is 0 Å². The van der Waals surface area contributed by atoms with Gasteiger partial charge in [0.1, 0.15) is 11.5 Å². The summed E-state index contributed by atoms with van der Waals surface area (Å²) in [6.07, 6.45) is 0.00809. The van der Waals surface area contributed by atoms with Gasteiger partial charge in [-0.15, -0.1) is 0 Å². The number of amides is 1. The van der Waals surface area contributed by atoms with Gasteiger partial charge in [-0.25, -0.2) is 0 Å². The zero-order valence-electron chi connectivity index (χ0n) is 19.1. The van der Waals surface area contributed by atoms with Gasteiger partial charge in [-0.2, -0.15) is 0 Å². The van der Waals surface area contributed by atoms with Gasteiger partial charge >= 0.3 is 14.4 Å². The third kappa shape index (κ3) is 7.25. The Morgan fingerprint density at radius 3 is 2.32 bits per heavy atom. The van der Waals surface area contributed by atoms with E-state index < -0.39 is 31.7 Å². The van der Waals surface area contributed by atoms with Gasteiger partial charge in [-0.05, 0) is 75.0 Å². The lowest BCUT2D eigenvalue weighted by atomic mass is 10.00. The quantitative estimate of drug-likeness (QED) is 0.233. The van der Waals surface area contributed by atoms with Crippen LogP contribution in [0.25, 0.3) is 0 Å². The Labute approximate surface area is 216 Å². The summed E-state index contributed by atoms with van der Waals surface area (Å²) in [7, 11) is -0.966. The van der Waals surface area contributed by atoms with Crippen LogP contribution in [0, 0.1) is 5.92 Å². The Hall–Kier alpha value is -2.00. The first-order valence-electron chi connectivity index (χ1n) is 10.5. The predicted octanol–water partition coefficient (Wildman–Crippen LogP) is 5.61. The summed E-state index contributed by atoms with van der Waals surface area (Å²) in [5.74, 6) is -0.657. The molecule has 8 nitrogen and oxygen atoms in total. The standard InChI is InChI=1S/C23H26Br2NO7P/c1-5-32-20(28)11-18(12(2)3)26-22(29)15-10-14(6-7-19(15)27)33-21-16(24)8-13(9-17(21)25)23(4,30)34-31/h6-10,12,18,27,30H,5,11H2,1-4H3,(H,26,29)/p+1. The third-order valence-corrected chi connectivity index (χ3v) is 6.87. The van der Waals surface area contributed by atoms with E-state index in [0.717, 1.165) is 0 Å². The highest BCUT2D eigenvalue weighted by Gasteiger charge is 2.33. The summed E-state index contributed by atoms with van der Waals surface area (Å²) in [4.78, 5) is 24.8. The summed E-state index contributed by atoms with van der Waals surface area (Å²) >= 11 is 6.77. The number of phenols is 1. The molecule has 184 valence electrons. The lowest BCUT2D eigenvalue weighted by Crippen LogP contribution is -2.40. The fourth-order valence-corrected chi connectivity index (χ4v) is 4.59. The van der Waals surface area contributed by atoms with Crippen LogP contribution in [-0.2, 0) is 19.4 Å². The molecule has 0 aliphatic rings. The van der Waals surface area contributed by atoms with Gasteiger partial charge in [-0.1, -0.05) is 18.4 Å². The molecule has 0 bridgehead atoms. The molecule has 2 aromatic carbocycles. The van der Waals surface area contributed by atoms with E-state index in [2.05, 4.69) is 37.2 Å². The Kier molecular flexibility index (Phi) is 10.1. The molecule has 0 fully saturated rings. The van der Waals surface area contributed by atoms with Gasteiger partial charge in [0.05, 0.1) is 27.5 Å². The average molecular weight is 620 g/mol. The Bertz CT molecular complexity index is 1050. The number of hydrogen-bond donors (Lipinski definition) is 3. The molecule has 2 aromatic rings. The predicted molar refractivity (Wildman–Crippen MR) is 136 cm³/mol. The maximum atomic E-state index is 12.9. The van der Waals surface area contributed by atoms with Crippen LogP contribution in [0.3, 0.4) is 0 Å². The SMILES string of the molecule is CCOC(=O)CC(NC(=O)c1cc(Oc2c(Br)cc(C(C)(O)[PH+]=O)cc2Br)ccc1O)C(C)C. The summed E-state index contributed by atoms with van der Waals surface area (Å²) in [6, 6.07) is 6.89. The summed E-state index contributed by atoms with van der Waals surface area (Å²) < 4.78 is 23.2. The number of benzene rings is 2. The number of aromatic hydroxyl groups is 1. The number of esters is 1. The minimum atomic E-state index is -1.52. The molecular formula is C23H27Br2NO7P+. The van der Waals surface area contributed by atoms with Gasteiger partial charge in [0, 0.05) is 18.5 Å². The summed E-state index contributed by atoms with van der Waals surface area (Å²) in [6.45, 7) is 7.13. The first-order chi connectivity index (χ1) is 15.9. The second-order valence-electron chi connectivity index (χ2n) is 8.06. The minimum Gasteiger partial charge on any atom is -0.507 e. The topological polar surface area (TPSA) is 122 Å². The van der Waals surface area contributed by atoms with Crippen molar-refractivity contribution in [2.75, 3.05) is 6.61 Å². The van der Waals surface area contributed by atoms with Gasteiger partial charge in [0.15, 0.2) is 5.75 Å². The summed E-state index contributed by atoms with van der Waals surface area (Å²) in [5, 5.41) is 21.8. The second-order valence-corrected chi connectivity index (χ2v) is 10.9. The van der Waals surface area contributed by atoms with Crippen molar-refractivity contribution in [1.82, 2.24) is 5.32 Å². The molecule has 1 amide bonds. The largest absolute Gasteiger partial charge is 0.507 e. The van der Waals surface area contributed by atoms with Crippen LogP contribution in [0.5, 0.6) is 17.2 Å². The first-order valence-corrected chi connectivity index (χ1v) is 13.0. The third-order valence-electron chi connectivity index (χ3n) is 5.00. The van der Waals surface area contributed by atoms with Crippen LogP contribution in [0.1, 0.15) is 50.0 Å². The number of rotatable bonds is 10. The number of ether oxygens (including phenoxy) is 2. The van der Waals surface area contributed by atoms with Crippen molar-refractivity contribution in [2.24, 2.45) is 5.92 Å². The van der Waals surface area contributed by atoms with Crippen LogP contribution in [0.15, 0.2) is 39.3 Å². The molecule has 3 atom stereocenters. The molecule has 3 unspecified atom stereocenters. The number of carbonyl (C=O) groups excluding carboxylic acids is 2. The molecule has 0 aliphatic carbocycles. The zero-order valence-corrected chi connectivity index (χ0v) is 23.3. The van der Waals surface area contributed by atoms with Gasteiger partial charge in [0.25, 0.3) is 11.2 Å². The molecule has 0 aliphatic heterocycles. The van der Waals surface area contributed by atoms with E-state index in [1.54, 1.807) is 19.1 Å². The number of phenolic OH excluding ortho intramolecular Hbond substituents is 1. The molecule has 3 N–H and O–H groups in total. The minimum absolute atomic E-state index is 0.00809. The van der Waals surface area contributed by atoms with E-state index in [0.29, 0.717) is 20.3 Å². The molecule has 0 saturated heterocycles. The monoisotopic (exact) mass is 618 g/mol. The van der Waals surface area contributed by atoms with Crippen LogP contribution < -0.4 is 10.1 Å². The zero-order chi connectivity index (χ0) is 25.6. The van der Waals surface area contributed by atoms with Crippen molar-refractivity contribution < 1.29 is 33.8 Å². The van der Waals surface area contributed by atoms with E-state index in [1.807, 2.05) is 13.8 Å². The van der Waals surface area contributed by atoms with Gasteiger partial charge in [0.2, 0.25) is 0 Å². The normalized spacial score (nSPS) is 13.9. The number of aliphatic hydroxyl groups is 1. The van der Waals surface area contributed by atoms with Crippen LogP contribution >= 0.6 is 40.3 Å². The van der Waals surface area contributed by atoms with E-state index in [9.17, 15) is 24.4 Å². The smallest absolute Gasteiger partial charge is 0.364 e. The fourth-order valence-electron chi connectivity index (χ4n) is 2.97. The Morgan fingerprint density at radius 2 is 1.79 bits per heavy atom.